The maximum Gasteiger partial charge on any atom is 0.259 e. The van der Waals surface area contributed by atoms with Crippen LogP contribution in [0.1, 0.15) is 34.8 Å². The van der Waals surface area contributed by atoms with E-state index in [-0.39, 0.29) is 17.7 Å². The highest BCUT2D eigenvalue weighted by molar-refractivity contribution is 6.09. The standard InChI is InChI=1S/C21H21NO3/c1-13-7-8-14-11-19(23)20(25-2)12-17(14)21(24)22-16(9-13)10-15-5-3-4-6-18(15)22/h3-6,9,11-12,16,23H,7-8,10H2,1-2H3/b13-9+/t16-/m1/s1. The third kappa shape index (κ3) is 2.58. The van der Waals surface area contributed by atoms with Gasteiger partial charge in [0.2, 0.25) is 0 Å². The minimum absolute atomic E-state index is 0.0331. The van der Waals surface area contributed by atoms with Crippen molar-refractivity contribution in [3.05, 3.63) is 64.7 Å². The summed E-state index contributed by atoms with van der Waals surface area (Å²) in [6.07, 6.45) is 4.64. The molecule has 2 aromatic rings. The van der Waals surface area contributed by atoms with Crippen molar-refractivity contribution in [1.82, 2.24) is 0 Å². The van der Waals surface area contributed by atoms with E-state index in [2.05, 4.69) is 19.1 Å². The van der Waals surface area contributed by atoms with Crippen molar-refractivity contribution in [3.8, 4) is 11.5 Å². The molecule has 1 atom stereocenters. The van der Waals surface area contributed by atoms with Gasteiger partial charge in [-0.05, 0) is 55.5 Å². The fourth-order valence-corrected chi connectivity index (χ4v) is 3.86. The number of benzene rings is 2. The highest BCUT2D eigenvalue weighted by atomic mass is 16.5. The van der Waals surface area contributed by atoms with Crippen LogP contribution in [0.25, 0.3) is 0 Å². The van der Waals surface area contributed by atoms with Gasteiger partial charge in [-0.3, -0.25) is 4.79 Å². The number of rotatable bonds is 1. The minimum atomic E-state index is -0.0331. The Balaban J connectivity index is 1.90. The molecule has 0 spiro atoms. The van der Waals surface area contributed by atoms with Crippen LogP contribution >= 0.6 is 0 Å². The van der Waals surface area contributed by atoms with Crippen LogP contribution in [-0.2, 0) is 12.8 Å². The Morgan fingerprint density at radius 2 is 1.96 bits per heavy atom. The number of phenolic OH excluding ortho intramolecular Hbond substituents is 1. The van der Waals surface area contributed by atoms with Gasteiger partial charge < -0.3 is 14.7 Å². The third-order valence-corrected chi connectivity index (χ3v) is 5.13. The van der Waals surface area contributed by atoms with Crippen LogP contribution in [0.4, 0.5) is 5.69 Å². The number of methoxy groups -OCH3 is 1. The van der Waals surface area contributed by atoms with Crippen molar-refractivity contribution >= 4 is 11.6 Å². The maximum absolute atomic E-state index is 13.4. The van der Waals surface area contributed by atoms with Crippen LogP contribution in [0.2, 0.25) is 0 Å². The van der Waals surface area contributed by atoms with Crippen LogP contribution in [-0.4, -0.2) is 24.2 Å². The molecule has 1 amide bonds. The zero-order chi connectivity index (χ0) is 17.6. The van der Waals surface area contributed by atoms with E-state index in [1.807, 2.05) is 23.1 Å². The van der Waals surface area contributed by atoms with Gasteiger partial charge in [0.15, 0.2) is 11.5 Å². The number of fused-ring (bicyclic) bond motifs is 4. The molecule has 4 nitrogen and oxygen atoms in total. The highest BCUT2D eigenvalue weighted by Gasteiger charge is 2.35. The first-order chi connectivity index (χ1) is 12.1. The third-order valence-electron chi connectivity index (χ3n) is 5.13. The summed E-state index contributed by atoms with van der Waals surface area (Å²) in [6, 6.07) is 11.5. The fraction of sp³-hybridized carbons (Fsp3) is 0.286. The molecule has 4 rings (SSSR count). The molecule has 0 aliphatic carbocycles. The molecule has 128 valence electrons. The zero-order valence-electron chi connectivity index (χ0n) is 14.5. The van der Waals surface area contributed by atoms with Crippen LogP contribution in [0.15, 0.2) is 48.0 Å². The summed E-state index contributed by atoms with van der Waals surface area (Å²) in [7, 11) is 1.50. The van der Waals surface area contributed by atoms with E-state index in [0.717, 1.165) is 30.5 Å². The van der Waals surface area contributed by atoms with E-state index in [0.29, 0.717) is 11.3 Å². The molecule has 2 aliphatic heterocycles. The number of phenols is 1. The van der Waals surface area contributed by atoms with E-state index in [1.54, 1.807) is 12.1 Å². The lowest BCUT2D eigenvalue weighted by atomic mass is 9.98. The number of carbonyl (C=O) groups is 1. The number of anilines is 1. The molecule has 2 heterocycles. The second kappa shape index (κ2) is 5.96. The van der Waals surface area contributed by atoms with Gasteiger partial charge in [-0.1, -0.05) is 29.8 Å². The number of aromatic hydroxyl groups is 1. The molecule has 0 saturated carbocycles. The summed E-state index contributed by atoms with van der Waals surface area (Å²) in [5, 5.41) is 10.1. The van der Waals surface area contributed by atoms with Crippen LogP contribution in [0, 0.1) is 0 Å². The second-order valence-electron chi connectivity index (χ2n) is 6.77. The largest absolute Gasteiger partial charge is 0.504 e. The van der Waals surface area contributed by atoms with E-state index in [9.17, 15) is 9.90 Å². The van der Waals surface area contributed by atoms with Crippen LogP contribution in [0.3, 0.4) is 0 Å². The average molecular weight is 335 g/mol. The molecule has 25 heavy (non-hydrogen) atoms. The molecular weight excluding hydrogens is 314 g/mol. The van der Waals surface area contributed by atoms with E-state index >= 15 is 0 Å². The van der Waals surface area contributed by atoms with Gasteiger partial charge in [-0.25, -0.2) is 0 Å². The summed E-state index contributed by atoms with van der Waals surface area (Å²) >= 11 is 0. The summed E-state index contributed by atoms with van der Waals surface area (Å²) in [5.41, 5.74) is 4.90. The van der Waals surface area contributed by atoms with Crippen molar-refractivity contribution in [1.29, 1.82) is 0 Å². The number of amides is 1. The molecule has 0 bridgehead atoms. The van der Waals surface area contributed by atoms with Gasteiger partial charge in [-0.15, -0.1) is 0 Å². The summed E-state index contributed by atoms with van der Waals surface area (Å²) in [6.45, 7) is 2.11. The first-order valence-corrected chi connectivity index (χ1v) is 8.57. The van der Waals surface area contributed by atoms with Gasteiger partial charge in [0.1, 0.15) is 0 Å². The van der Waals surface area contributed by atoms with Crippen LogP contribution < -0.4 is 9.64 Å². The first-order valence-electron chi connectivity index (χ1n) is 8.57. The molecule has 0 aromatic heterocycles. The van der Waals surface area contributed by atoms with Gasteiger partial charge in [-0.2, -0.15) is 0 Å². The van der Waals surface area contributed by atoms with Crippen molar-refractivity contribution in [3.63, 3.8) is 0 Å². The van der Waals surface area contributed by atoms with Gasteiger partial charge in [0.05, 0.1) is 13.2 Å². The predicted molar refractivity (Wildman–Crippen MR) is 97.5 cm³/mol. The van der Waals surface area contributed by atoms with Crippen molar-refractivity contribution in [2.75, 3.05) is 12.0 Å². The van der Waals surface area contributed by atoms with Gasteiger partial charge in [0, 0.05) is 11.3 Å². The number of aryl methyl sites for hydroxylation is 1. The normalized spacial score (nSPS) is 21.2. The predicted octanol–water partition coefficient (Wildman–Crippen LogP) is 3.86. The molecular formula is C21H21NO3. The molecule has 0 radical (unpaired) electrons. The highest BCUT2D eigenvalue weighted by Crippen LogP contribution is 2.38. The Kier molecular flexibility index (Phi) is 3.75. The summed E-state index contributed by atoms with van der Waals surface area (Å²) < 4.78 is 5.23. The molecule has 0 unspecified atom stereocenters. The maximum atomic E-state index is 13.4. The molecule has 2 aliphatic rings. The molecule has 4 heteroatoms. The lowest BCUT2D eigenvalue weighted by Gasteiger charge is -2.24. The number of hydrogen-bond acceptors (Lipinski definition) is 3. The fourth-order valence-electron chi connectivity index (χ4n) is 3.86. The first kappa shape index (κ1) is 15.8. The number of allylic oxidation sites excluding steroid dienone is 1. The Morgan fingerprint density at radius 1 is 1.16 bits per heavy atom. The minimum Gasteiger partial charge on any atom is -0.504 e. The smallest absolute Gasteiger partial charge is 0.259 e. The van der Waals surface area contributed by atoms with Crippen molar-refractivity contribution in [2.45, 2.75) is 32.2 Å². The number of para-hydroxylation sites is 1. The number of ether oxygens (including phenoxy) is 1. The Morgan fingerprint density at radius 3 is 2.76 bits per heavy atom. The Hall–Kier alpha value is -2.75. The number of hydrogen-bond donors (Lipinski definition) is 1. The Labute approximate surface area is 147 Å². The lowest BCUT2D eigenvalue weighted by molar-refractivity contribution is 0.0983. The van der Waals surface area contributed by atoms with Crippen molar-refractivity contribution in [2.24, 2.45) is 0 Å². The van der Waals surface area contributed by atoms with Crippen LogP contribution in [0.5, 0.6) is 11.5 Å². The van der Waals surface area contributed by atoms with Gasteiger partial charge >= 0.3 is 0 Å². The molecule has 0 saturated heterocycles. The lowest BCUT2D eigenvalue weighted by Crippen LogP contribution is -2.37. The van der Waals surface area contributed by atoms with Crippen molar-refractivity contribution < 1.29 is 14.6 Å². The molecule has 1 N–H and O–H groups in total. The average Bonchev–Trinajstić information content (AvgIpc) is 2.97. The quantitative estimate of drug-likeness (QED) is 0.805. The van der Waals surface area contributed by atoms with E-state index < -0.39 is 0 Å². The SMILES string of the molecule is COc1cc2c(cc1O)CC/C(C)=C/[C@@H]1Cc3ccccc3N1C2=O. The van der Waals surface area contributed by atoms with Gasteiger partial charge in [0.25, 0.3) is 5.91 Å². The monoisotopic (exact) mass is 335 g/mol. The molecule has 2 aromatic carbocycles. The molecule has 0 fully saturated rings. The van der Waals surface area contributed by atoms with E-state index in [4.69, 9.17) is 4.74 Å². The topological polar surface area (TPSA) is 49.8 Å². The summed E-state index contributed by atoms with van der Waals surface area (Å²) in [5.74, 6) is 0.377. The second-order valence-corrected chi connectivity index (χ2v) is 6.77. The number of nitrogens with zero attached hydrogens (tertiary/aromatic N) is 1. The zero-order valence-corrected chi connectivity index (χ0v) is 14.5. The Bertz CT molecular complexity index is 885. The summed E-state index contributed by atoms with van der Waals surface area (Å²) in [4.78, 5) is 15.3. The number of carbonyl (C=O) groups excluding carboxylic acids is 1. The van der Waals surface area contributed by atoms with E-state index in [1.165, 1.54) is 18.2 Å².